The zero-order chi connectivity index (χ0) is 18.8. The van der Waals surface area contributed by atoms with Crippen LogP contribution in [0.5, 0.6) is 0 Å². The third-order valence-electron chi connectivity index (χ3n) is 5.69. The standard InChI is InChI=1S/C19H41O4P/c1-6-10-12-16(8-3)14-18(19(5,20)24(21,22)23)15-17(9-4)13-11-7-2/h16-18,20H,6-15H2,1-5H3,(H2,21,22,23). The van der Waals surface area contributed by atoms with Gasteiger partial charge < -0.3 is 14.9 Å². The number of hydrogen-bond acceptors (Lipinski definition) is 2. The molecule has 24 heavy (non-hydrogen) atoms. The fourth-order valence-corrected chi connectivity index (χ4v) is 4.23. The monoisotopic (exact) mass is 364 g/mol. The molecule has 0 spiro atoms. The first-order valence-corrected chi connectivity index (χ1v) is 11.5. The Morgan fingerprint density at radius 1 is 0.875 bits per heavy atom. The Hall–Kier alpha value is 0.110. The van der Waals surface area contributed by atoms with Gasteiger partial charge in [-0.3, -0.25) is 4.57 Å². The Morgan fingerprint density at radius 2 is 1.25 bits per heavy atom. The molecule has 0 saturated heterocycles. The maximum absolute atomic E-state index is 11.9. The van der Waals surface area contributed by atoms with Crippen molar-refractivity contribution >= 4 is 7.60 Å². The number of unbranched alkanes of at least 4 members (excludes halogenated alkanes) is 2. The molecule has 0 amide bonds. The highest BCUT2D eigenvalue weighted by molar-refractivity contribution is 7.53. The van der Waals surface area contributed by atoms with Crippen molar-refractivity contribution in [1.29, 1.82) is 0 Å². The zero-order valence-electron chi connectivity index (χ0n) is 16.5. The van der Waals surface area contributed by atoms with Crippen LogP contribution in [0.2, 0.25) is 0 Å². The number of rotatable bonds is 14. The molecule has 0 radical (unpaired) electrons. The number of hydrogen-bond donors (Lipinski definition) is 3. The summed E-state index contributed by atoms with van der Waals surface area (Å²) in [7, 11) is -4.55. The van der Waals surface area contributed by atoms with Gasteiger partial charge >= 0.3 is 7.60 Å². The van der Waals surface area contributed by atoms with E-state index in [0.29, 0.717) is 24.7 Å². The molecule has 0 saturated carbocycles. The van der Waals surface area contributed by atoms with Crippen LogP contribution in [-0.4, -0.2) is 20.2 Å². The molecule has 5 heteroatoms. The molecule has 0 bridgehead atoms. The minimum Gasteiger partial charge on any atom is -0.377 e. The first-order valence-electron chi connectivity index (χ1n) is 9.91. The normalized spacial score (nSPS) is 18.8. The molecule has 0 aliphatic carbocycles. The Balaban J connectivity index is 5.23. The van der Waals surface area contributed by atoms with Gasteiger partial charge in [-0.2, -0.15) is 0 Å². The maximum Gasteiger partial charge on any atom is 0.356 e. The number of aliphatic hydroxyl groups is 1. The zero-order valence-corrected chi connectivity index (χ0v) is 17.4. The van der Waals surface area contributed by atoms with E-state index in [1.165, 1.54) is 6.92 Å². The minimum absolute atomic E-state index is 0.345. The summed E-state index contributed by atoms with van der Waals surface area (Å²) in [5, 5.41) is 8.76. The third kappa shape index (κ3) is 7.99. The molecule has 0 heterocycles. The van der Waals surface area contributed by atoms with E-state index in [2.05, 4.69) is 27.7 Å². The van der Waals surface area contributed by atoms with Gasteiger partial charge in [0, 0.05) is 0 Å². The predicted octanol–water partition coefficient (Wildman–Crippen LogP) is 5.70. The molecule has 3 atom stereocenters. The van der Waals surface area contributed by atoms with Crippen LogP contribution in [0.3, 0.4) is 0 Å². The van der Waals surface area contributed by atoms with Gasteiger partial charge in [0.25, 0.3) is 0 Å². The summed E-state index contributed by atoms with van der Waals surface area (Å²) in [5.74, 6) is 0.509. The molecular formula is C19H41O4P. The summed E-state index contributed by atoms with van der Waals surface area (Å²) in [5.41, 5.74) is 0. The van der Waals surface area contributed by atoms with Crippen molar-refractivity contribution < 1.29 is 19.5 Å². The minimum atomic E-state index is -4.55. The van der Waals surface area contributed by atoms with Gasteiger partial charge in [-0.05, 0) is 37.5 Å². The van der Waals surface area contributed by atoms with E-state index in [0.717, 1.165) is 51.4 Å². The van der Waals surface area contributed by atoms with Gasteiger partial charge in [-0.15, -0.1) is 0 Å². The van der Waals surface area contributed by atoms with Crippen LogP contribution in [0, 0.1) is 17.8 Å². The van der Waals surface area contributed by atoms with E-state index in [9.17, 15) is 19.5 Å². The van der Waals surface area contributed by atoms with Crippen LogP contribution in [0.25, 0.3) is 0 Å². The third-order valence-corrected chi connectivity index (χ3v) is 7.23. The highest BCUT2D eigenvalue weighted by atomic mass is 31.2. The molecule has 0 aliphatic heterocycles. The molecule has 0 fully saturated rings. The molecule has 3 N–H and O–H groups in total. The Labute approximate surface area is 149 Å². The van der Waals surface area contributed by atoms with E-state index in [1.807, 2.05) is 0 Å². The van der Waals surface area contributed by atoms with Crippen molar-refractivity contribution in [1.82, 2.24) is 0 Å². The highest BCUT2D eigenvalue weighted by Gasteiger charge is 2.47. The lowest BCUT2D eigenvalue weighted by Gasteiger charge is -2.37. The summed E-state index contributed by atoms with van der Waals surface area (Å²) in [6.45, 7) is 9.94. The second-order valence-electron chi connectivity index (χ2n) is 7.64. The SMILES string of the molecule is CCCCC(CC)CC(CC(CC)CCCC)C(C)(O)P(=O)(O)O. The molecule has 146 valence electrons. The summed E-state index contributed by atoms with van der Waals surface area (Å²) in [6.07, 6.45) is 10.1. The lowest BCUT2D eigenvalue weighted by atomic mass is 9.79. The van der Waals surface area contributed by atoms with Crippen molar-refractivity contribution in [3.8, 4) is 0 Å². The second kappa shape index (κ2) is 11.7. The van der Waals surface area contributed by atoms with E-state index in [-0.39, 0.29) is 5.92 Å². The molecule has 0 aromatic heterocycles. The Morgan fingerprint density at radius 3 is 1.50 bits per heavy atom. The van der Waals surface area contributed by atoms with E-state index < -0.39 is 12.9 Å². The molecule has 0 aromatic carbocycles. The first kappa shape index (κ1) is 24.1. The van der Waals surface area contributed by atoms with Crippen molar-refractivity contribution in [2.24, 2.45) is 17.8 Å². The first-order chi connectivity index (χ1) is 11.1. The van der Waals surface area contributed by atoms with Gasteiger partial charge in [0.2, 0.25) is 0 Å². The fraction of sp³-hybridized carbons (Fsp3) is 1.00. The topological polar surface area (TPSA) is 77.8 Å². The Bertz CT molecular complexity index is 346. The average Bonchev–Trinajstić information content (AvgIpc) is 2.52. The average molecular weight is 365 g/mol. The maximum atomic E-state index is 11.9. The van der Waals surface area contributed by atoms with Crippen molar-refractivity contribution in [2.45, 2.75) is 104 Å². The molecular weight excluding hydrogens is 323 g/mol. The van der Waals surface area contributed by atoms with Gasteiger partial charge in [-0.25, -0.2) is 0 Å². The van der Waals surface area contributed by atoms with Crippen LogP contribution in [0.15, 0.2) is 0 Å². The van der Waals surface area contributed by atoms with Gasteiger partial charge in [0.05, 0.1) is 0 Å². The lowest BCUT2D eigenvalue weighted by molar-refractivity contribution is 0.0247. The van der Waals surface area contributed by atoms with Crippen LogP contribution >= 0.6 is 7.60 Å². The lowest BCUT2D eigenvalue weighted by Crippen LogP contribution is -2.37. The van der Waals surface area contributed by atoms with Gasteiger partial charge in [0.1, 0.15) is 0 Å². The second-order valence-corrected chi connectivity index (χ2v) is 9.63. The van der Waals surface area contributed by atoms with Crippen LogP contribution in [0.1, 0.15) is 98.8 Å². The van der Waals surface area contributed by atoms with Crippen molar-refractivity contribution in [3.05, 3.63) is 0 Å². The molecule has 0 rings (SSSR count). The Kier molecular flexibility index (Phi) is 11.7. The van der Waals surface area contributed by atoms with Gasteiger partial charge in [0.15, 0.2) is 5.34 Å². The summed E-state index contributed by atoms with van der Waals surface area (Å²) in [6, 6.07) is 0. The van der Waals surface area contributed by atoms with Crippen LogP contribution in [-0.2, 0) is 4.57 Å². The van der Waals surface area contributed by atoms with Crippen molar-refractivity contribution in [3.63, 3.8) is 0 Å². The predicted molar refractivity (Wildman–Crippen MR) is 102 cm³/mol. The molecule has 3 unspecified atom stereocenters. The highest BCUT2D eigenvalue weighted by Crippen LogP contribution is 2.55. The molecule has 0 aromatic rings. The molecule has 0 aliphatic rings. The van der Waals surface area contributed by atoms with Crippen LogP contribution < -0.4 is 0 Å². The molecule has 4 nitrogen and oxygen atoms in total. The van der Waals surface area contributed by atoms with E-state index >= 15 is 0 Å². The van der Waals surface area contributed by atoms with Crippen molar-refractivity contribution in [2.75, 3.05) is 0 Å². The van der Waals surface area contributed by atoms with E-state index in [4.69, 9.17) is 0 Å². The fourth-order valence-electron chi connectivity index (χ4n) is 3.55. The smallest absolute Gasteiger partial charge is 0.356 e. The van der Waals surface area contributed by atoms with Crippen LogP contribution in [0.4, 0.5) is 0 Å². The summed E-state index contributed by atoms with van der Waals surface area (Å²) >= 11 is 0. The summed E-state index contributed by atoms with van der Waals surface area (Å²) in [4.78, 5) is 19.4. The van der Waals surface area contributed by atoms with Gasteiger partial charge in [-0.1, -0.05) is 79.1 Å². The quantitative estimate of drug-likeness (QED) is 0.345. The largest absolute Gasteiger partial charge is 0.377 e. The summed E-state index contributed by atoms with van der Waals surface area (Å²) < 4.78 is 11.9. The van der Waals surface area contributed by atoms with E-state index in [1.54, 1.807) is 0 Å².